The number of fused-ring (bicyclic) bond motifs is 1. The first-order chi connectivity index (χ1) is 22.3. The predicted octanol–water partition coefficient (Wildman–Crippen LogP) is 2.06. The highest BCUT2D eigenvalue weighted by molar-refractivity contribution is 7.89. The predicted molar refractivity (Wildman–Crippen MR) is 182 cm³/mol. The molecule has 0 radical (unpaired) electrons. The summed E-state index contributed by atoms with van der Waals surface area (Å²) < 4.78 is 26.0. The lowest BCUT2D eigenvalue weighted by molar-refractivity contribution is -0.146. The first-order valence-corrected chi connectivity index (χ1v) is 19.1. The second-order valence-corrected chi connectivity index (χ2v) is 17.9. The fourth-order valence-corrected chi connectivity index (χ4v) is 8.95. The lowest BCUT2D eigenvalue weighted by atomic mass is 9.70. The molecule has 14 heteroatoms. The van der Waals surface area contributed by atoms with E-state index in [1.807, 2.05) is 6.92 Å². The van der Waals surface area contributed by atoms with E-state index < -0.39 is 63.2 Å². The van der Waals surface area contributed by atoms with Gasteiger partial charge in [-0.25, -0.2) is 17.5 Å². The van der Waals surface area contributed by atoms with Crippen LogP contribution >= 0.6 is 0 Å². The number of carbonyl (C=O) groups excluding carboxylic acids is 5. The third kappa shape index (κ3) is 7.90. The average molecular weight is 693 g/mol. The Morgan fingerprint density at radius 3 is 2.12 bits per heavy atom. The van der Waals surface area contributed by atoms with Gasteiger partial charge in [-0.15, -0.1) is 0 Å². The number of hydrogen-bond acceptors (Lipinski definition) is 7. The van der Waals surface area contributed by atoms with Gasteiger partial charge in [-0.1, -0.05) is 71.4 Å². The van der Waals surface area contributed by atoms with Crippen molar-refractivity contribution < 1.29 is 32.4 Å². The van der Waals surface area contributed by atoms with Crippen molar-refractivity contribution in [1.29, 1.82) is 0 Å². The van der Waals surface area contributed by atoms with E-state index in [0.29, 0.717) is 31.4 Å². The first kappa shape index (κ1) is 37.8. The van der Waals surface area contributed by atoms with Crippen molar-refractivity contribution in [2.75, 3.05) is 25.9 Å². The normalized spacial score (nSPS) is 26.3. The van der Waals surface area contributed by atoms with Gasteiger partial charge in [0.05, 0.1) is 17.8 Å². The first-order valence-electron chi connectivity index (χ1n) is 17.4. The van der Waals surface area contributed by atoms with Gasteiger partial charge >= 0.3 is 6.03 Å². The lowest BCUT2D eigenvalue weighted by Crippen LogP contribution is -2.63. The highest BCUT2D eigenvalue weighted by Gasteiger charge is 2.70. The van der Waals surface area contributed by atoms with Crippen LogP contribution in [0, 0.1) is 28.6 Å². The van der Waals surface area contributed by atoms with Gasteiger partial charge in [-0.2, -0.15) is 0 Å². The third-order valence-corrected chi connectivity index (χ3v) is 13.7. The smallest absolute Gasteiger partial charge is 0.315 e. The maximum Gasteiger partial charge on any atom is 0.315 e. The summed E-state index contributed by atoms with van der Waals surface area (Å²) in [7, 11) is -2.06. The Bertz CT molecular complexity index is 1400. The second-order valence-electron chi connectivity index (χ2n) is 15.6. The summed E-state index contributed by atoms with van der Waals surface area (Å²) in [5.74, 6) is -2.75. The molecule has 0 aromatic rings. The molecule has 4 fully saturated rings. The van der Waals surface area contributed by atoms with E-state index >= 15 is 0 Å². The summed E-state index contributed by atoms with van der Waals surface area (Å²) in [4.78, 5) is 68.6. The quantitative estimate of drug-likeness (QED) is 0.149. The van der Waals surface area contributed by atoms with Crippen molar-refractivity contribution in [3.05, 3.63) is 12.2 Å². The lowest BCUT2D eigenvalue weighted by Gasteiger charge is -2.43. The number of ketones is 1. The summed E-state index contributed by atoms with van der Waals surface area (Å²) in [6.07, 6.45) is 7.37. The van der Waals surface area contributed by atoms with Crippen molar-refractivity contribution in [3.63, 3.8) is 0 Å². The van der Waals surface area contributed by atoms with Crippen LogP contribution in [0.5, 0.6) is 0 Å². The Morgan fingerprint density at radius 2 is 1.60 bits per heavy atom. The number of carbonyl (C=O) groups is 5. The molecule has 1 aliphatic heterocycles. The summed E-state index contributed by atoms with van der Waals surface area (Å²) in [5, 5.41) is 8.59. The molecule has 13 nitrogen and oxygen atoms in total. The fourth-order valence-electron chi connectivity index (χ4n) is 8.13. The molecule has 5 N–H and O–H groups in total. The largest absolute Gasteiger partial charge is 0.363 e. The van der Waals surface area contributed by atoms with Gasteiger partial charge in [0.25, 0.3) is 5.91 Å². The molecule has 6 atom stereocenters. The Hall–Kier alpha value is -3.00. The van der Waals surface area contributed by atoms with Gasteiger partial charge in [0.15, 0.2) is 0 Å². The minimum Gasteiger partial charge on any atom is -0.363 e. The van der Waals surface area contributed by atoms with Gasteiger partial charge in [0, 0.05) is 20.1 Å². The van der Waals surface area contributed by atoms with E-state index in [2.05, 4.69) is 36.4 Å². The number of urea groups is 1. The molecule has 3 aliphatic carbocycles. The number of nitrogens with zero attached hydrogens (tertiary/aromatic N) is 2. The van der Waals surface area contributed by atoms with E-state index in [-0.39, 0.29) is 41.4 Å². The van der Waals surface area contributed by atoms with Crippen molar-refractivity contribution in [2.45, 2.75) is 117 Å². The number of primary amides is 1. The van der Waals surface area contributed by atoms with Crippen LogP contribution in [0.1, 0.15) is 92.4 Å². The van der Waals surface area contributed by atoms with Crippen LogP contribution in [-0.4, -0.2) is 97.2 Å². The minimum atomic E-state index is -3.51. The number of likely N-dealkylation sites (tertiary alicyclic amines) is 1. The molecule has 3 saturated carbocycles. The highest BCUT2D eigenvalue weighted by atomic mass is 32.2. The summed E-state index contributed by atoms with van der Waals surface area (Å²) >= 11 is 0. The van der Waals surface area contributed by atoms with Crippen LogP contribution in [0.4, 0.5) is 4.79 Å². The number of Topliss-reactive ketones (excluding diaryl/α,β-unsaturated/α-hetero) is 1. The molecule has 1 unspecified atom stereocenters. The zero-order chi connectivity index (χ0) is 35.8. The minimum absolute atomic E-state index is 0.0202. The van der Waals surface area contributed by atoms with Crippen LogP contribution in [0.25, 0.3) is 0 Å². The molecule has 270 valence electrons. The van der Waals surface area contributed by atoms with Gasteiger partial charge < -0.3 is 26.6 Å². The van der Waals surface area contributed by atoms with Crippen LogP contribution < -0.4 is 21.7 Å². The number of rotatable bonds is 15. The van der Waals surface area contributed by atoms with Crippen molar-refractivity contribution >= 4 is 39.6 Å². The number of amides is 5. The standard InChI is InChI=1S/C34H56N6O7S/c1-8-48(46,47)39(7)19-24(20(2)3)37-32(45)38-28(34(6)15-10-9-11-16-34)31(44)40-18-22-25(33(22,4)5)26(40)30(43)36-23(27(41)29(35)42)17-21-13-12-14-21/h21-26,28H,2,8-19H2,1,3-7H3,(H2,35,42)(H,36,43)(H2,37,38,45)/t22-,23?,24+,25-,26-,28+/m0/s1. The number of sulfonamides is 1. The van der Waals surface area contributed by atoms with Gasteiger partial charge in [-0.3, -0.25) is 19.2 Å². The van der Waals surface area contributed by atoms with Crippen LogP contribution in [0.2, 0.25) is 0 Å². The van der Waals surface area contributed by atoms with Gasteiger partial charge in [-0.05, 0) is 61.7 Å². The number of hydrogen-bond donors (Lipinski definition) is 4. The molecule has 4 aliphatic rings. The van der Waals surface area contributed by atoms with Gasteiger partial charge in [0.1, 0.15) is 12.1 Å². The van der Waals surface area contributed by atoms with Crippen molar-refractivity contribution in [1.82, 2.24) is 25.2 Å². The maximum atomic E-state index is 14.7. The number of nitrogens with one attached hydrogen (secondary N) is 3. The Kier molecular flexibility index (Phi) is 11.4. The molecule has 0 aromatic heterocycles. The molecule has 0 bridgehead atoms. The molecule has 5 amide bonds. The zero-order valence-corrected chi connectivity index (χ0v) is 30.3. The monoisotopic (exact) mass is 692 g/mol. The van der Waals surface area contributed by atoms with Crippen molar-refractivity contribution in [2.24, 2.45) is 34.3 Å². The molecule has 1 heterocycles. The van der Waals surface area contributed by atoms with Gasteiger partial charge in [0.2, 0.25) is 27.6 Å². The molecule has 0 spiro atoms. The second kappa shape index (κ2) is 14.5. The molecule has 48 heavy (non-hydrogen) atoms. The topological polar surface area (TPSA) is 188 Å². The molecule has 0 aromatic carbocycles. The van der Waals surface area contributed by atoms with Crippen LogP contribution in [0.15, 0.2) is 12.2 Å². The number of piperidine rings is 1. The van der Waals surface area contributed by atoms with E-state index in [1.54, 1.807) is 18.7 Å². The molecular formula is C34H56N6O7S. The average Bonchev–Trinajstić information content (AvgIpc) is 3.31. The Balaban J connectivity index is 1.58. The van der Waals surface area contributed by atoms with Crippen LogP contribution in [0.3, 0.4) is 0 Å². The molecule has 1 saturated heterocycles. The highest BCUT2D eigenvalue weighted by Crippen LogP contribution is 2.65. The van der Waals surface area contributed by atoms with E-state index in [0.717, 1.165) is 38.5 Å². The summed E-state index contributed by atoms with van der Waals surface area (Å²) in [6, 6.07) is -4.23. The molecule has 4 rings (SSSR count). The Morgan fingerprint density at radius 1 is 0.979 bits per heavy atom. The molecular weight excluding hydrogens is 636 g/mol. The summed E-state index contributed by atoms with van der Waals surface area (Å²) in [5.41, 5.74) is 5.11. The van der Waals surface area contributed by atoms with Crippen molar-refractivity contribution in [3.8, 4) is 0 Å². The van der Waals surface area contributed by atoms with E-state index in [4.69, 9.17) is 5.73 Å². The van der Waals surface area contributed by atoms with E-state index in [1.165, 1.54) is 11.4 Å². The SMILES string of the molecule is C=C(C)[C@@H](CN(C)S(=O)(=O)CC)NC(=O)N[C@H](C(=O)N1C[C@H]2[C@@H]([C@H]1C(=O)NC(CC1CCC1)C(=O)C(N)=O)C2(C)C)C1(C)CCCCC1. The maximum absolute atomic E-state index is 14.7. The zero-order valence-electron chi connectivity index (χ0n) is 29.5. The number of likely N-dealkylation sites (N-methyl/N-ethyl adjacent to an activating group) is 1. The van der Waals surface area contributed by atoms with Crippen LogP contribution in [-0.2, 0) is 29.2 Å². The summed E-state index contributed by atoms with van der Waals surface area (Å²) in [6.45, 7) is 13.6. The number of nitrogens with two attached hydrogens (primary N) is 1. The fraction of sp³-hybridized carbons (Fsp3) is 0.794. The third-order valence-electron chi connectivity index (χ3n) is 11.8. The Labute approximate surface area is 285 Å². The van der Waals surface area contributed by atoms with E-state index in [9.17, 15) is 32.4 Å².